The van der Waals surface area contributed by atoms with Gasteiger partial charge in [0.05, 0.1) is 19.3 Å². The van der Waals surface area contributed by atoms with Crippen molar-refractivity contribution in [2.45, 2.75) is 31.8 Å². The van der Waals surface area contributed by atoms with Gasteiger partial charge in [0, 0.05) is 29.9 Å². The maximum absolute atomic E-state index is 11.9. The number of hydrogen-bond acceptors (Lipinski definition) is 6. The molecule has 1 saturated heterocycles. The molecule has 1 aliphatic heterocycles. The van der Waals surface area contributed by atoms with Gasteiger partial charge < -0.3 is 25.4 Å². The molecule has 1 aromatic carbocycles. The van der Waals surface area contributed by atoms with Gasteiger partial charge in [-0.1, -0.05) is 0 Å². The maximum Gasteiger partial charge on any atom is 0.354 e. The molecule has 2 aliphatic rings. The Morgan fingerprint density at radius 1 is 1.21 bits per heavy atom. The molecule has 4 rings (SSSR count). The van der Waals surface area contributed by atoms with Crippen molar-refractivity contribution in [2.24, 2.45) is 0 Å². The summed E-state index contributed by atoms with van der Waals surface area (Å²) in [7, 11) is 0. The van der Waals surface area contributed by atoms with Crippen molar-refractivity contribution in [1.29, 1.82) is 0 Å². The maximum atomic E-state index is 11.9. The number of rotatable bonds is 5. The van der Waals surface area contributed by atoms with E-state index in [1.807, 2.05) is 11.8 Å². The van der Waals surface area contributed by atoms with Crippen molar-refractivity contribution in [1.82, 2.24) is 15.3 Å². The molecule has 2 fully saturated rings. The first-order valence-corrected chi connectivity index (χ1v) is 9.64. The van der Waals surface area contributed by atoms with Gasteiger partial charge in [-0.3, -0.25) is 0 Å². The highest BCUT2D eigenvalue weighted by Crippen LogP contribution is 2.24. The molecule has 1 aromatic heterocycles. The van der Waals surface area contributed by atoms with E-state index in [4.69, 9.17) is 4.74 Å². The van der Waals surface area contributed by atoms with E-state index in [0.29, 0.717) is 42.7 Å². The Balaban J connectivity index is 1.57. The van der Waals surface area contributed by atoms with Gasteiger partial charge in [0.1, 0.15) is 5.82 Å². The Labute approximate surface area is 168 Å². The van der Waals surface area contributed by atoms with E-state index in [1.54, 1.807) is 24.3 Å². The van der Waals surface area contributed by atoms with E-state index in [2.05, 4.69) is 20.6 Å². The van der Waals surface area contributed by atoms with Crippen molar-refractivity contribution >= 4 is 23.5 Å². The van der Waals surface area contributed by atoms with Crippen molar-refractivity contribution < 1.29 is 19.4 Å². The minimum atomic E-state index is -1.11. The number of hydrogen-bond donors (Lipinski definition) is 3. The van der Waals surface area contributed by atoms with Crippen LogP contribution in [0.1, 0.15) is 30.3 Å². The standard InChI is InChI=1S/C20H23N5O4/c1-12-11-29-9-8-25(12)17-10-16(19(26)27)23-18(24-17)13-2-4-14(5-3-13)21-20(28)22-15-6-7-15/h2-5,10,12,15H,6-9,11H2,1H3,(H,26,27)(H2,21,22,28)/t12-/m0/s1. The topological polar surface area (TPSA) is 117 Å². The number of urea groups is 1. The lowest BCUT2D eigenvalue weighted by molar-refractivity contribution is 0.0690. The second-order valence-electron chi connectivity index (χ2n) is 7.31. The molecule has 1 atom stereocenters. The predicted molar refractivity (Wildman–Crippen MR) is 107 cm³/mol. The number of carboxylic acids is 1. The van der Waals surface area contributed by atoms with Crippen molar-refractivity contribution in [3.05, 3.63) is 36.0 Å². The highest BCUT2D eigenvalue weighted by Gasteiger charge is 2.24. The van der Waals surface area contributed by atoms with Crippen LogP contribution in [0, 0.1) is 0 Å². The van der Waals surface area contributed by atoms with Crippen LogP contribution in [-0.4, -0.2) is 58.9 Å². The van der Waals surface area contributed by atoms with Gasteiger partial charge in [-0.15, -0.1) is 0 Å². The number of aromatic carboxylic acids is 1. The quantitative estimate of drug-likeness (QED) is 0.709. The molecule has 9 heteroatoms. The number of morpholine rings is 1. The van der Waals surface area contributed by atoms with E-state index < -0.39 is 5.97 Å². The van der Waals surface area contributed by atoms with Gasteiger partial charge in [0.25, 0.3) is 0 Å². The van der Waals surface area contributed by atoms with Crippen LogP contribution in [0.4, 0.5) is 16.3 Å². The Bertz CT molecular complexity index is 914. The summed E-state index contributed by atoms with van der Waals surface area (Å²) >= 11 is 0. The van der Waals surface area contributed by atoms with E-state index >= 15 is 0 Å². The van der Waals surface area contributed by atoms with Crippen molar-refractivity contribution in [3.8, 4) is 11.4 Å². The van der Waals surface area contributed by atoms with Crippen LogP contribution in [0.25, 0.3) is 11.4 Å². The number of carbonyl (C=O) groups excluding carboxylic acids is 1. The number of nitrogens with zero attached hydrogens (tertiary/aromatic N) is 3. The molecule has 2 heterocycles. The molecule has 0 unspecified atom stereocenters. The zero-order valence-electron chi connectivity index (χ0n) is 16.1. The first-order chi connectivity index (χ1) is 14.0. The minimum Gasteiger partial charge on any atom is -0.477 e. The number of amides is 2. The fraction of sp³-hybridized carbons (Fsp3) is 0.400. The first-order valence-electron chi connectivity index (χ1n) is 9.64. The largest absolute Gasteiger partial charge is 0.477 e. The number of anilines is 2. The molecular formula is C20H23N5O4. The van der Waals surface area contributed by atoms with Crippen LogP contribution in [0.3, 0.4) is 0 Å². The van der Waals surface area contributed by atoms with Gasteiger partial charge in [-0.2, -0.15) is 0 Å². The number of ether oxygens (including phenoxy) is 1. The van der Waals surface area contributed by atoms with Crippen LogP contribution < -0.4 is 15.5 Å². The normalized spacial score (nSPS) is 18.9. The third-order valence-electron chi connectivity index (χ3n) is 4.91. The summed E-state index contributed by atoms with van der Waals surface area (Å²) in [6, 6.07) is 8.65. The van der Waals surface area contributed by atoms with E-state index in [0.717, 1.165) is 12.8 Å². The minimum absolute atomic E-state index is 0.0605. The molecule has 2 amide bonds. The van der Waals surface area contributed by atoms with Crippen LogP contribution in [-0.2, 0) is 4.74 Å². The third-order valence-corrected chi connectivity index (χ3v) is 4.91. The Morgan fingerprint density at radius 2 is 1.97 bits per heavy atom. The van der Waals surface area contributed by atoms with Crippen LogP contribution in [0.5, 0.6) is 0 Å². The number of nitrogens with one attached hydrogen (secondary N) is 2. The molecule has 0 radical (unpaired) electrons. The summed E-state index contributed by atoms with van der Waals surface area (Å²) in [6.07, 6.45) is 2.04. The van der Waals surface area contributed by atoms with Crippen LogP contribution >= 0.6 is 0 Å². The van der Waals surface area contributed by atoms with E-state index in [9.17, 15) is 14.7 Å². The van der Waals surface area contributed by atoms with E-state index in [1.165, 1.54) is 6.07 Å². The molecule has 3 N–H and O–H groups in total. The SMILES string of the molecule is C[C@H]1COCCN1c1cc(C(=O)O)nc(-c2ccc(NC(=O)NC3CC3)cc2)n1. The average Bonchev–Trinajstić information content (AvgIpc) is 3.52. The highest BCUT2D eigenvalue weighted by atomic mass is 16.5. The molecule has 152 valence electrons. The van der Waals surface area contributed by atoms with Gasteiger partial charge in [-0.05, 0) is 44.0 Å². The van der Waals surface area contributed by atoms with Crippen LogP contribution in [0.15, 0.2) is 30.3 Å². The zero-order chi connectivity index (χ0) is 20.4. The van der Waals surface area contributed by atoms with Gasteiger partial charge in [0.2, 0.25) is 0 Å². The van der Waals surface area contributed by atoms with Gasteiger partial charge >= 0.3 is 12.0 Å². The smallest absolute Gasteiger partial charge is 0.354 e. The lowest BCUT2D eigenvalue weighted by atomic mass is 10.2. The molecule has 0 bridgehead atoms. The summed E-state index contributed by atoms with van der Waals surface area (Å²) in [5, 5.41) is 15.1. The molecule has 29 heavy (non-hydrogen) atoms. The highest BCUT2D eigenvalue weighted by molar-refractivity contribution is 5.90. The van der Waals surface area contributed by atoms with Crippen LogP contribution in [0.2, 0.25) is 0 Å². The number of carbonyl (C=O) groups is 2. The molecular weight excluding hydrogens is 374 g/mol. The fourth-order valence-electron chi connectivity index (χ4n) is 3.17. The van der Waals surface area contributed by atoms with Gasteiger partial charge in [-0.25, -0.2) is 19.6 Å². The Kier molecular flexibility index (Phi) is 5.30. The lowest BCUT2D eigenvalue weighted by Crippen LogP contribution is -2.44. The molecule has 9 nitrogen and oxygen atoms in total. The molecule has 1 saturated carbocycles. The average molecular weight is 397 g/mol. The number of carboxylic acid groups (broad SMARTS) is 1. The zero-order valence-corrected chi connectivity index (χ0v) is 16.1. The Morgan fingerprint density at radius 3 is 2.62 bits per heavy atom. The molecule has 0 spiro atoms. The lowest BCUT2D eigenvalue weighted by Gasteiger charge is -2.34. The summed E-state index contributed by atoms with van der Waals surface area (Å²) in [5.74, 6) is -0.215. The monoisotopic (exact) mass is 397 g/mol. The number of benzene rings is 1. The van der Waals surface area contributed by atoms with Crippen molar-refractivity contribution in [3.63, 3.8) is 0 Å². The van der Waals surface area contributed by atoms with E-state index in [-0.39, 0.29) is 23.8 Å². The fourth-order valence-corrected chi connectivity index (χ4v) is 3.17. The summed E-state index contributed by atoms with van der Waals surface area (Å²) in [6.45, 7) is 3.77. The predicted octanol–water partition coefficient (Wildman–Crippen LogP) is 2.35. The third kappa shape index (κ3) is 4.62. The second kappa shape index (κ2) is 8.04. The first kappa shape index (κ1) is 19.1. The molecule has 2 aromatic rings. The summed E-state index contributed by atoms with van der Waals surface area (Å²) < 4.78 is 5.46. The summed E-state index contributed by atoms with van der Waals surface area (Å²) in [5.41, 5.74) is 1.25. The number of aromatic nitrogens is 2. The van der Waals surface area contributed by atoms with Crippen molar-refractivity contribution in [2.75, 3.05) is 30.0 Å². The Hall–Kier alpha value is -3.20. The second-order valence-corrected chi connectivity index (χ2v) is 7.31. The molecule has 1 aliphatic carbocycles. The summed E-state index contributed by atoms with van der Waals surface area (Å²) in [4.78, 5) is 34.3. The van der Waals surface area contributed by atoms with Gasteiger partial charge in [0.15, 0.2) is 11.5 Å².